The van der Waals surface area contributed by atoms with Gasteiger partial charge in [0.25, 0.3) is 0 Å². The van der Waals surface area contributed by atoms with Gasteiger partial charge in [0.2, 0.25) is 0 Å². The molecule has 7 nitrogen and oxygen atoms in total. The minimum atomic E-state index is -0.846. The molecule has 3 aromatic rings. The number of amides is 1. The van der Waals surface area contributed by atoms with E-state index in [1.807, 2.05) is 18.2 Å². The Kier molecular flexibility index (Phi) is 5.83. The molecular weight excluding hydrogens is 421 g/mol. The first-order valence-electron chi connectivity index (χ1n) is 10.3. The molecule has 2 atom stereocenters. The molecule has 164 valence electrons. The summed E-state index contributed by atoms with van der Waals surface area (Å²) >= 11 is 6.15. The SMILES string of the molecule is CC(C)(C)OC(=O)Nc1ncnc2c1c(Cc1cccc(Cl)c1)nn2C1CCC(F)C1. The Bertz CT molecular complexity index is 1110. The minimum absolute atomic E-state index is 0.0881. The number of halogens is 2. The minimum Gasteiger partial charge on any atom is -0.444 e. The largest absolute Gasteiger partial charge is 0.444 e. The Morgan fingerprint density at radius 2 is 2.13 bits per heavy atom. The lowest BCUT2D eigenvalue weighted by Crippen LogP contribution is -2.27. The summed E-state index contributed by atoms with van der Waals surface area (Å²) in [5.74, 6) is 0.317. The molecule has 1 aliphatic carbocycles. The second-order valence-corrected chi connectivity index (χ2v) is 9.25. The highest BCUT2D eigenvalue weighted by atomic mass is 35.5. The van der Waals surface area contributed by atoms with Crippen molar-refractivity contribution in [3.05, 3.63) is 46.9 Å². The number of nitrogens with zero attached hydrogens (tertiary/aromatic N) is 4. The Labute approximate surface area is 185 Å². The Morgan fingerprint density at radius 3 is 2.81 bits per heavy atom. The Morgan fingerprint density at radius 1 is 1.32 bits per heavy atom. The number of hydrogen-bond acceptors (Lipinski definition) is 5. The van der Waals surface area contributed by atoms with E-state index in [2.05, 4.69) is 15.3 Å². The van der Waals surface area contributed by atoms with Gasteiger partial charge in [-0.15, -0.1) is 0 Å². The first-order valence-corrected chi connectivity index (χ1v) is 10.7. The summed E-state index contributed by atoms with van der Waals surface area (Å²) in [7, 11) is 0. The average Bonchev–Trinajstić information content (AvgIpc) is 3.25. The van der Waals surface area contributed by atoms with Crippen LogP contribution in [0.25, 0.3) is 11.0 Å². The molecule has 31 heavy (non-hydrogen) atoms. The molecule has 0 spiro atoms. The van der Waals surface area contributed by atoms with E-state index < -0.39 is 17.9 Å². The van der Waals surface area contributed by atoms with E-state index in [1.165, 1.54) is 6.33 Å². The molecule has 1 fully saturated rings. The maximum absolute atomic E-state index is 13.9. The third kappa shape index (κ3) is 4.95. The number of ether oxygens (including phenoxy) is 1. The van der Waals surface area contributed by atoms with E-state index in [0.717, 1.165) is 5.56 Å². The van der Waals surface area contributed by atoms with Gasteiger partial charge in [-0.05, 0) is 51.3 Å². The highest BCUT2D eigenvalue weighted by Gasteiger charge is 2.30. The maximum Gasteiger partial charge on any atom is 0.413 e. The van der Waals surface area contributed by atoms with Crippen LogP contribution < -0.4 is 5.32 Å². The third-order valence-corrected chi connectivity index (χ3v) is 5.36. The van der Waals surface area contributed by atoms with Gasteiger partial charge in [0.1, 0.15) is 23.9 Å². The number of rotatable bonds is 4. The van der Waals surface area contributed by atoms with Crippen LogP contribution in [0.2, 0.25) is 5.02 Å². The van der Waals surface area contributed by atoms with Gasteiger partial charge in [-0.3, -0.25) is 5.32 Å². The molecule has 1 aliphatic rings. The van der Waals surface area contributed by atoms with Gasteiger partial charge in [0.05, 0.1) is 17.1 Å². The second kappa shape index (κ2) is 8.42. The van der Waals surface area contributed by atoms with Crippen LogP contribution in [-0.2, 0) is 11.2 Å². The first-order chi connectivity index (χ1) is 14.7. The number of nitrogens with one attached hydrogen (secondary N) is 1. The molecule has 2 heterocycles. The van der Waals surface area contributed by atoms with Gasteiger partial charge in [-0.25, -0.2) is 23.8 Å². The van der Waals surface area contributed by atoms with E-state index in [1.54, 1.807) is 31.5 Å². The standard InChI is InChI=1S/C22H25ClFN5O2/c1-22(2,3)31-21(30)27-19-18-17(10-13-5-4-6-14(23)9-13)28-29(20(18)26-12-25-19)16-8-7-15(24)11-16/h4-6,9,12,15-16H,7-8,10-11H2,1-3H3,(H,25,26,27,30). The van der Waals surface area contributed by atoms with E-state index >= 15 is 0 Å². The van der Waals surface area contributed by atoms with Gasteiger partial charge >= 0.3 is 6.09 Å². The van der Waals surface area contributed by atoms with E-state index in [0.29, 0.717) is 53.3 Å². The van der Waals surface area contributed by atoms with Crippen molar-refractivity contribution in [1.82, 2.24) is 19.7 Å². The predicted octanol–water partition coefficient (Wildman–Crippen LogP) is 5.48. The first kappa shape index (κ1) is 21.5. The molecule has 0 aliphatic heterocycles. The van der Waals surface area contributed by atoms with Gasteiger partial charge in [-0.1, -0.05) is 23.7 Å². The topological polar surface area (TPSA) is 81.9 Å². The molecule has 2 aromatic heterocycles. The molecule has 4 rings (SSSR count). The van der Waals surface area contributed by atoms with Crippen molar-refractivity contribution >= 4 is 34.5 Å². The Hall–Kier alpha value is -2.74. The van der Waals surface area contributed by atoms with E-state index in [9.17, 15) is 9.18 Å². The lowest BCUT2D eigenvalue weighted by molar-refractivity contribution is 0.0635. The smallest absolute Gasteiger partial charge is 0.413 e. The lowest BCUT2D eigenvalue weighted by Gasteiger charge is -2.19. The molecule has 9 heteroatoms. The highest BCUT2D eigenvalue weighted by molar-refractivity contribution is 6.30. The molecule has 2 unspecified atom stereocenters. The quantitative estimate of drug-likeness (QED) is 0.575. The van der Waals surface area contributed by atoms with Crippen molar-refractivity contribution in [2.24, 2.45) is 0 Å². The number of carbonyl (C=O) groups excluding carboxylic acids is 1. The van der Waals surface area contributed by atoms with Gasteiger partial charge in [0.15, 0.2) is 5.65 Å². The van der Waals surface area contributed by atoms with Crippen molar-refractivity contribution in [1.29, 1.82) is 0 Å². The molecule has 1 aromatic carbocycles. The summed E-state index contributed by atoms with van der Waals surface area (Å²) in [6.07, 6.45) is 1.97. The maximum atomic E-state index is 13.9. The number of anilines is 1. The number of aromatic nitrogens is 4. The summed E-state index contributed by atoms with van der Waals surface area (Å²) in [5.41, 5.74) is 1.56. The van der Waals surface area contributed by atoms with E-state index in [4.69, 9.17) is 21.4 Å². The van der Waals surface area contributed by atoms with Crippen LogP contribution in [0.4, 0.5) is 15.0 Å². The molecular formula is C22H25ClFN5O2. The van der Waals surface area contributed by atoms with Gasteiger partial charge in [-0.2, -0.15) is 5.10 Å². The second-order valence-electron chi connectivity index (χ2n) is 8.81. The monoisotopic (exact) mass is 445 g/mol. The summed E-state index contributed by atoms with van der Waals surface area (Å²) in [5, 5.41) is 8.76. The molecule has 0 saturated heterocycles. The van der Waals surface area contributed by atoms with Crippen molar-refractivity contribution in [2.45, 2.75) is 64.3 Å². The van der Waals surface area contributed by atoms with Gasteiger partial charge in [0, 0.05) is 17.9 Å². The molecule has 1 amide bonds. The van der Waals surface area contributed by atoms with Crippen molar-refractivity contribution in [3.8, 4) is 0 Å². The van der Waals surface area contributed by atoms with Crippen LogP contribution in [-0.4, -0.2) is 37.6 Å². The van der Waals surface area contributed by atoms with Gasteiger partial charge < -0.3 is 4.74 Å². The zero-order valence-corrected chi connectivity index (χ0v) is 18.5. The van der Waals surface area contributed by atoms with E-state index in [-0.39, 0.29) is 6.04 Å². The average molecular weight is 446 g/mol. The zero-order valence-electron chi connectivity index (χ0n) is 17.7. The van der Waals surface area contributed by atoms with Crippen molar-refractivity contribution in [3.63, 3.8) is 0 Å². The van der Waals surface area contributed by atoms with Crippen LogP contribution in [0, 0.1) is 0 Å². The molecule has 1 N–H and O–H groups in total. The molecule has 1 saturated carbocycles. The number of benzene rings is 1. The number of alkyl halides is 1. The summed E-state index contributed by atoms with van der Waals surface area (Å²) in [6.45, 7) is 5.37. The van der Waals surface area contributed by atoms with Crippen LogP contribution in [0.15, 0.2) is 30.6 Å². The summed E-state index contributed by atoms with van der Waals surface area (Å²) in [6, 6.07) is 7.41. The Balaban J connectivity index is 1.77. The van der Waals surface area contributed by atoms with Crippen LogP contribution in [0.1, 0.15) is 57.3 Å². The fraction of sp³-hybridized carbons (Fsp3) is 0.455. The molecule has 0 bridgehead atoms. The number of hydrogen-bond donors (Lipinski definition) is 1. The fourth-order valence-corrected chi connectivity index (χ4v) is 4.10. The highest BCUT2D eigenvalue weighted by Crippen LogP contribution is 2.36. The van der Waals surface area contributed by atoms with Crippen molar-refractivity contribution in [2.75, 3.05) is 5.32 Å². The summed E-state index contributed by atoms with van der Waals surface area (Å²) in [4.78, 5) is 21.1. The number of carbonyl (C=O) groups is 1. The number of fused-ring (bicyclic) bond motifs is 1. The lowest BCUT2D eigenvalue weighted by atomic mass is 10.1. The third-order valence-electron chi connectivity index (χ3n) is 5.13. The fourth-order valence-electron chi connectivity index (χ4n) is 3.88. The predicted molar refractivity (Wildman–Crippen MR) is 117 cm³/mol. The summed E-state index contributed by atoms with van der Waals surface area (Å²) < 4.78 is 21.1. The normalized spacial score (nSPS) is 19.0. The zero-order chi connectivity index (χ0) is 22.2. The van der Waals surface area contributed by atoms with Crippen LogP contribution in [0.5, 0.6) is 0 Å². The van der Waals surface area contributed by atoms with Crippen LogP contribution >= 0.6 is 11.6 Å². The van der Waals surface area contributed by atoms with Crippen LogP contribution in [0.3, 0.4) is 0 Å². The molecule has 0 radical (unpaired) electrons. The van der Waals surface area contributed by atoms with Crippen molar-refractivity contribution < 1.29 is 13.9 Å².